The number of alkyl halides is 1. The van der Waals surface area contributed by atoms with E-state index in [-0.39, 0.29) is 10.8 Å². The fourth-order valence-corrected chi connectivity index (χ4v) is 2.72. The van der Waals surface area contributed by atoms with Gasteiger partial charge in [0.2, 0.25) is 0 Å². The molecule has 20 heavy (non-hydrogen) atoms. The summed E-state index contributed by atoms with van der Waals surface area (Å²) in [5.74, 6) is 1.32. The van der Waals surface area contributed by atoms with E-state index in [0.29, 0.717) is 5.88 Å². The highest BCUT2D eigenvalue weighted by Crippen LogP contribution is 2.28. The van der Waals surface area contributed by atoms with Crippen LogP contribution < -0.4 is 9.46 Å². The molecule has 1 heterocycles. The predicted molar refractivity (Wildman–Crippen MR) is 84.5 cm³/mol. The molecule has 0 aromatic carbocycles. The van der Waals surface area contributed by atoms with Gasteiger partial charge >= 0.3 is 0 Å². The molecule has 1 aromatic heterocycles. The lowest BCUT2D eigenvalue weighted by atomic mass is 10.0. The van der Waals surface area contributed by atoms with Crippen LogP contribution in [0.4, 0.5) is 0 Å². The fourth-order valence-electron chi connectivity index (χ4n) is 1.71. The van der Waals surface area contributed by atoms with Gasteiger partial charge in [0.05, 0.1) is 22.8 Å². The van der Waals surface area contributed by atoms with E-state index in [1.54, 1.807) is 19.5 Å². The van der Waals surface area contributed by atoms with E-state index >= 15 is 0 Å². The number of aromatic nitrogens is 1. The Bertz CT molecular complexity index is 449. The topological polar surface area (TPSA) is 51.2 Å². The molecule has 0 aliphatic rings. The summed E-state index contributed by atoms with van der Waals surface area (Å²) in [4.78, 5) is 4.14. The van der Waals surface area contributed by atoms with Gasteiger partial charge in [-0.15, -0.1) is 11.6 Å². The van der Waals surface area contributed by atoms with Crippen molar-refractivity contribution in [3.05, 3.63) is 24.0 Å². The molecule has 0 aliphatic heterocycles. The van der Waals surface area contributed by atoms with Gasteiger partial charge in [0, 0.05) is 29.9 Å². The molecule has 114 valence electrons. The lowest BCUT2D eigenvalue weighted by Gasteiger charge is -2.25. The number of rotatable bonds is 7. The minimum absolute atomic E-state index is 0.0857. The number of nitrogens with one attached hydrogen (secondary N) is 1. The molecule has 0 saturated carbocycles. The number of hydrogen-bond acceptors (Lipinski definition) is 3. The first-order valence-electron chi connectivity index (χ1n) is 6.62. The lowest BCUT2D eigenvalue weighted by Crippen LogP contribution is -2.36. The van der Waals surface area contributed by atoms with E-state index in [2.05, 4.69) is 9.71 Å². The van der Waals surface area contributed by atoms with Crippen molar-refractivity contribution >= 4 is 22.6 Å². The molecule has 1 N–H and O–H groups in total. The highest BCUT2D eigenvalue weighted by molar-refractivity contribution is 7.84. The summed E-state index contributed by atoms with van der Waals surface area (Å²) in [6.07, 6.45) is 5.05. The second-order valence-electron chi connectivity index (χ2n) is 5.50. The van der Waals surface area contributed by atoms with Crippen molar-refractivity contribution in [2.24, 2.45) is 0 Å². The first-order valence-corrected chi connectivity index (χ1v) is 8.30. The minimum atomic E-state index is -1.16. The van der Waals surface area contributed by atoms with Crippen molar-refractivity contribution in [3.63, 3.8) is 0 Å². The monoisotopic (exact) mass is 318 g/mol. The van der Waals surface area contributed by atoms with Crippen molar-refractivity contribution in [1.82, 2.24) is 9.71 Å². The second kappa shape index (κ2) is 7.96. The van der Waals surface area contributed by atoms with Crippen LogP contribution in [0.1, 0.15) is 45.2 Å². The molecule has 1 rings (SSSR count). The molecule has 0 fully saturated rings. The van der Waals surface area contributed by atoms with Crippen molar-refractivity contribution in [3.8, 4) is 5.75 Å². The van der Waals surface area contributed by atoms with Crippen LogP contribution >= 0.6 is 11.6 Å². The molecule has 0 radical (unpaired) electrons. The molecule has 0 amide bonds. The van der Waals surface area contributed by atoms with Crippen LogP contribution in [0, 0.1) is 0 Å². The Morgan fingerprint density at radius 1 is 1.50 bits per heavy atom. The SMILES string of the molecule is COc1ccncc1C(CCCCl)N[S@@](=O)C(C)(C)C. The van der Waals surface area contributed by atoms with Gasteiger partial charge in [-0.3, -0.25) is 4.98 Å². The third-order valence-electron chi connectivity index (χ3n) is 2.84. The Morgan fingerprint density at radius 2 is 2.20 bits per heavy atom. The van der Waals surface area contributed by atoms with E-state index in [1.165, 1.54) is 0 Å². The Kier molecular flexibility index (Phi) is 6.92. The summed E-state index contributed by atoms with van der Waals surface area (Å²) in [5, 5.41) is 0. The van der Waals surface area contributed by atoms with Crippen LogP contribution in [0.3, 0.4) is 0 Å². The van der Waals surface area contributed by atoms with Crippen LogP contribution in [0.15, 0.2) is 18.5 Å². The van der Waals surface area contributed by atoms with Crippen LogP contribution in [0.2, 0.25) is 0 Å². The summed E-state index contributed by atoms with van der Waals surface area (Å²) in [5.41, 5.74) is 0.915. The Hall–Kier alpha value is -0.650. The van der Waals surface area contributed by atoms with E-state index in [9.17, 15) is 4.21 Å². The molecule has 0 spiro atoms. The highest BCUT2D eigenvalue weighted by Gasteiger charge is 2.25. The molecular weight excluding hydrogens is 296 g/mol. The zero-order chi connectivity index (χ0) is 15.2. The smallest absolute Gasteiger partial charge is 0.126 e. The Labute approximate surface area is 128 Å². The van der Waals surface area contributed by atoms with Crippen LogP contribution in [-0.4, -0.2) is 26.9 Å². The van der Waals surface area contributed by atoms with Gasteiger partial charge in [-0.2, -0.15) is 0 Å². The average Bonchev–Trinajstić information content (AvgIpc) is 2.42. The van der Waals surface area contributed by atoms with Gasteiger partial charge in [0.1, 0.15) is 5.75 Å². The van der Waals surface area contributed by atoms with Gasteiger partial charge in [-0.1, -0.05) is 0 Å². The zero-order valence-corrected chi connectivity index (χ0v) is 14.1. The summed E-state index contributed by atoms with van der Waals surface area (Å²) in [6, 6.07) is 1.72. The first kappa shape index (κ1) is 17.4. The number of hydrogen-bond donors (Lipinski definition) is 1. The van der Waals surface area contributed by atoms with Crippen LogP contribution in [0.5, 0.6) is 5.75 Å². The molecule has 1 unspecified atom stereocenters. The first-order chi connectivity index (χ1) is 9.40. The van der Waals surface area contributed by atoms with Gasteiger partial charge in [-0.25, -0.2) is 8.93 Å². The Balaban J connectivity index is 2.97. The van der Waals surface area contributed by atoms with Crippen molar-refractivity contribution < 1.29 is 8.95 Å². The quantitative estimate of drug-likeness (QED) is 0.785. The number of ether oxygens (including phenoxy) is 1. The molecule has 6 heteroatoms. The standard InChI is InChI=1S/C14H23ClN2O2S/c1-14(2,3)20(18)17-12(6-5-8-15)11-10-16-9-7-13(11)19-4/h7,9-10,12,17H,5-6,8H2,1-4H3/t12?,20-/m0/s1. The number of methoxy groups -OCH3 is 1. The van der Waals surface area contributed by atoms with E-state index in [0.717, 1.165) is 24.2 Å². The van der Waals surface area contributed by atoms with Crippen LogP contribution in [0.25, 0.3) is 0 Å². The maximum Gasteiger partial charge on any atom is 0.126 e. The third kappa shape index (κ3) is 5.04. The minimum Gasteiger partial charge on any atom is -0.496 e. The molecule has 0 saturated heterocycles. The molecule has 4 nitrogen and oxygen atoms in total. The summed E-state index contributed by atoms with van der Waals surface area (Å²) >= 11 is 5.78. The van der Waals surface area contributed by atoms with Gasteiger partial charge in [0.15, 0.2) is 0 Å². The van der Waals surface area contributed by atoms with Crippen molar-refractivity contribution in [2.75, 3.05) is 13.0 Å². The maximum atomic E-state index is 12.3. The largest absolute Gasteiger partial charge is 0.496 e. The Morgan fingerprint density at radius 3 is 2.75 bits per heavy atom. The number of halogens is 1. The summed E-state index contributed by atoms with van der Waals surface area (Å²) in [7, 11) is 0.465. The lowest BCUT2D eigenvalue weighted by molar-refractivity contribution is 0.400. The molecule has 0 aliphatic carbocycles. The highest BCUT2D eigenvalue weighted by atomic mass is 35.5. The number of pyridine rings is 1. The zero-order valence-electron chi connectivity index (χ0n) is 12.5. The van der Waals surface area contributed by atoms with E-state index < -0.39 is 11.0 Å². The molecular formula is C14H23ClN2O2S. The fraction of sp³-hybridized carbons (Fsp3) is 0.643. The summed E-state index contributed by atoms with van der Waals surface area (Å²) < 4.78 is 20.5. The maximum absolute atomic E-state index is 12.3. The van der Waals surface area contributed by atoms with E-state index in [4.69, 9.17) is 16.3 Å². The van der Waals surface area contributed by atoms with Crippen LogP contribution in [-0.2, 0) is 11.0 Å². The molecule has 0 bridgehead atoms. The van der Waals surface area contributed by atoms with Gasteiger partial charge < -0.3 is 4.74 Å². The van der Waals surface area contributed by atoms with Gasteiger partial charge in [-0.05, 0) is 39.7 Å². The van der Waals surface area contributed by atoms with Crippen molar-refractivity contribution in [2.45, 2.75) is 44.4 Å². The third-order valence-corrected chi connectivity index (χ3v) is 4.72. The predicted octanol–water partition coefficient (Wildman–Crippen LogP) is 3.20. The summed E-state index contributed by atoms with van der Waals surface area (Å²) in [6.45, 7) is 5.82. The second-order valence-corrected chi connectivity index (χ2v) is 7.88. The van der Waals surface area contributed by atoms with Gasteiger partial charge in [0.25, 0.3) is 0 Å². The average molecular weight is 319 g/mol. The van der Waals surface area contributed by atoms with E-state index in [1.807, 2.05) is 26.8 Å². The normalized spacial score (nSPS) is 14.8. The van der Waals surface area contributed by atoms with Crippen molar-refractivity contribution in [1.29, 1.82) is 0 Å². The molecule has 1 aromatic rings. The number of nitrogens with zero attached hydrogens (tertiary/aromatic N) is 1. The molecule has 2 atom stereocenters.